The third kappa shape index (κ3) is 3.79. The number of nitro groups is 1. The van der Waals surface area contributed by atoms with Crippen LogP contribution in [0.25, 0.3) is 0 Å². The van der Waals surface area contributed by atoms with Crippen LogP contribution in [0.4, 0.5) is 5.69 Å². The zero-order chi connectivity index (χ0) is 15.4. The van der Waals surface area contributed by atoms with Gasteiger partial charge in [0.1, 0.15) is 5.75 Å². The molecule has 0 aromatic heterocycles. The second kappa shape index (κ2) is 6.04. The lowest BCUT2D eigenvalue weighted by Gasteiger charge is -2.07. The highest BCUT2D eigenvalue weighted by Crippen LogP contribution is 2.32. The number of carbonyl (C=O) groups is 1. The summed E-state index contributed by atoms with van der Waals surface area (Å²) in [6.45, 7) is 1.81. The molecule has 2 rings (SSSR count). The second-order valence-corrected chi connectivity index (χ2v) is 4.54. The highest BCUT2D eigenvalue weighted by molar-refractivity contribution is 5.70. The van der Waals surface area contributed by atoms with Gasteiger partial charge in [0.2, 0.25) is 5.75 Å². The van der Waals surface area contributed by atoms with Gasteiger partial charge in [-0.25, -0.2) is 0 Å². The van der Waals surface area contributed by atoms with Crippen LogP contribution in [0, 0.1) is 17.0 Å². The molecule has 6 nitrogen and oxygen atoms in total. The molecule has 0 radical (unpaired) electrons. The molecule has 0 bridgehead atoms. The molecule has 0 fully saturated rings. The molecular formula is C15H13NO5. The minimum absolute atomic E-state index is 0.0785. The Bertz CT molecular complexity index is 679. The first kappa shape index (κ1) is 14.5. The van der Waals surface area contributed by atoms with Crippen LogP contribution in [0.5, 0.6) is 11.5 Å². The molecule has 2 aromatic carbocycles. The Morgan fingerprint density at radius 1 is 1.24 bits per heavy atom. The molecular weight excluding hydrogens is 274 g/mol. The van der Waals surface area contributed by atoms with Crippen LogP contribution in [0.3, 0.4) is 0 Å². The average molecular weight is 287 g/mol. The van der Waals surface area contributed by atoms with Gasteiger partial charge < -0.3 is 9.84 Å². The number of benzene rings is 2. The van der Waals surface area contributed by atoms with Crippen LogP contribution in [-0.2, 0) is 11.2 Å². The molecule has 0 aliphatic rings. The summed E-state index contributed by atoms with van der Waals surface area (Å²) in [7, 11) is 0. The molecule has 0 saturated heterocycles. The molecule has 0 aliphatic carbocycles. The fourth-order valence-corrected chi connectivity index (χ4v) is 1.83. The molecule has 0 spiro atoms. The van der Waals surface area contributed by atoms with Crippen molar-refractivity contribution in [2.75, 3.05) is 0 Å². The Hall–Kier alpha value is -2.89. The van der Waals surface area contributed by atoms with E-state index < -0.39 is 10.9 Å². The zero-order valence-electron chi connectivity index (χ0n) is 11.3. The number of aliphatic carboxylic acids is 1. The highest BCUT2D eigenvalue weighted by atomic mass is 16.6. The molecule has 0 unspecified atom stereocenters. The van der Waals surface area contributed by atoms with E-state index in [9.17, 15) is 14.9 Å². The van der Waals surface area contributed by atoms with Crippen molar-refractivity contribution >= 4 is 11.7 Å². The van der Waals surface area contributed by atoms with Crippen LogP contribution in [0.15, 0.2) is 42.5 Å². The molecule has 0 atom stereocenters. The zero-order valence-corrected chi connectivity index (χ0v) is 11.3. The largest absolute Gasteiger partial charge is 0.481 e. The van der Waals surface area contributed by atoms with E-state index in [-0.39, 0.29) is 17.9 Å². The minimum Gasteiger partial charge on any atom is -0.481 e. The van der Waals surface area contributed by atoms with Gasteiger partial charge in [-0.15, -0.1) is 0 Å². The lowest BCUT2D eigenvalue weighted by Crippen LogP contribution is -1.99. The van der Waals surface area contributed by atoms with Crippen LogP contribution < -0.4 is 4.74 Å². The van der Waals surface area contributed by atoms with E-state index >= 15 is 0 Å². The Balaban J connectivity index is 2.23. The Morgan fingerprint density at radius 2 is 1.90 bits per heavy atom. The van der Waals surface area contributed by atoms with Crippen molar-refractivity contribution in [2.24, 2.45) is 0 Å². The molecule has 21 heavy (non-hydrogen) atoms. The number of hydrogen-bond donors (Lipinski definition) is 1. The lowest BCUT2D eigenvalue weighted by atomic mass is 10.1. The number of hydrogen-bond acceptors (Lipinski definition) is 4. The van der Waals surface area contributed by atoms with E-state index in [2.05, 4.69) is 0 Å². The summed E-state index contributed by atoms with van der Waals surface area (Å²) in [6, 6.07) is 11.0. The van der Waals surface area contributed by atoms with Crippen molar-refractivity contribution < 1.29 is 19.6 Å². The monoisotopic (exact) mass is 287 g/mol. The molecule has 0 amide bonds. The summed E-state index contributed by atoms with van der Waals surface area (Å²) in [4.78, 5) is 21.0. The summed E-state index contributed by atoms with van der Waals surface area (Å²) in [5, 5.41) is 19.7. The van der Waals surface area contributed by atoms with E-state index in [1.807, 2.05) is 6.92 Å². The maximum atomic E-state index is 11.0. The highest BCUT2D eigenvalue weighted by Gasteiger charge is 2.15. The lowest BCUT2D eigenvalue weighted by molar-refractivity contribution is -0.385. The standard InChI is InChI=1S/C15H13NO5/c1-10-2-7-13(16(19)20)14(8-10)21-12-5-3-11(4-6-12)9-15(17)18/h2-8H,9H2,1H3,(H,17,18). The smallest absolute Gasteiger partial charge is 0.311 e. The molecule has 6 heteroatoms. The summed E-state index contributed by atoms with van der Waals surface area (Å²) in [5.74, 6) is -0.346. The van der Waals surface area contributed by atoms with Crippen molar-refractivity contribution in [2.45, 2.75) is 13.3 Å². The third-order valence-electron chi connectivity index (χ3n) is 2.82. The maximum Gasteiger partial charge on any atom is 0.311 e. The average Bonchev–Trinajstić information content (AvgIpc) is 2.40. The first-order valence-electron chi connectivity index (χ1n) is 6.19. The number of carboxylic acid groups (broad SMARTS) is 1. The van der Waals surface area contributed by atoms with E-state index in [1.165, 1.54) is 6.07 Å². The van der Waals surface area contributed by atoms with Crippen molar-refractivity contribution in [3.8, 4) is 11.5 Å². The Kier molecular flexibility index (Phi) is 4.18. The first-order chi connectivity index (χ1) is 9.95. The predicted octanol–water partition coefficient (Wildman–Crippen LogP) is 3.32. The number of rotatable bonds is 5. The van der Waals surface area contributed by atoms with Gasteiger partial charge in [-0.3, -0.25) is 14.9 Å². The van der Waals surface area contributed by atoms with Gasteiger partial charge in [-0.05, 0) is 36.2 Å². The molecule has 1 N–H and O–H groups in total. The van der Waals surface area contributed by atoms with Crippen LogP contribution >= 0.6 is 0 Å². The first-order valence-corrected chi connectivity index (χ1v) is 6.19. The Labute approximate surface area is 120 Å². The summed E-state index contributed by atoms with van der Waals surface area (Å²) in [6.07, 6.45) is -0.0785. The van der Waals surface area contributed by atoms with E-state index in [1.54, 1.807) is 36.4 Å². The second-order valence-electron chi connectivity index (χ2n) is 4.54. The fraction of sp³-hybridized carbons (Fsp3) is 0.133. The molecule has 0 heterocycles. The molecule has 2 aromatic rings. The predicted molar refractivity (Wildman–Crippen MR) is 75.7 cm³/mol. The van der Waals surface area contributed by atoms with Crippen molar-refractivity contribution in [3.63, 3.8) is 0 Å². The molecule has 0 aliphatic heterocycles. The number of aryl methyl sites for hydroxylation is 1. The van der Waals surface area contributed by atoms with Gasteiger partial charge >= 0.3 is 11.7 Å². The number of ether oxygens (including phenoxy) is 1. The maximum absolute atomic E-state index is 11.0. The minimum atomic E-state index is -0.919. The van der Waals surface area contributed by atoms with Gasteiger partial charge in [-0.1, -0.05) is 18.2 Å². The van der Waals surface area contributed by atoms with E-state index in [0.717, 1.165) is 5.56 Å². The van der Waals surface area contributed by atoms with Crippen LogP contribution in [0.2, 0.25) is 0 Å². The summed E-state index contributed by atoms with van der Waals surface area (Å²) in [5.41, 5.74) is 1.36. The Morgan fingerprint density at radius 3 is 2.48 bits per heavy atom. The van der Waals surface area contributed by atoms with Crippen molar-refractivity contribution in [1.29, 1.82) is 0 Å². The van der Waals surface area contributed by atoms with Gasteiger partial charge in [-0.2, -0.15) is 0 Å². The normalized spacial score (nSPS) is 10.1. The van der Waals surface area contributed by atoms with Crippen LogP contribution in [-0.4, -0.2) is 16.0 Å². The summed E-state index contributed by atoms with van der Waals surface area (Å²) < 4.78 is 5.52. The SMILES string of the molecule is Cc1ccc([N+](=O)[O-])c(Oc2ccc(CC(=O)O)cc2)c1. The fourth-order valence-electron chi connectivity index (χ4n) is 1.83. The number of nitro benzene ring substituents is 1. The molecule has 0 saturated carbocycles. The summed E-state index contributed by atoms with van der Waals surface area (Å²) >= 11 is 0. The van der Waals surface area contributed by atoms with E-state index in [4.69, 9.17) is 9.84 Å². The van der Waals surface area contributed by atoms with Crippen molar-refractivity contribution in [3.05, 3.63) is 63.7 Å². The quantitative estimate of drug-likeness (QED) is 0.673. The third-order valence-corrected chi connectivity index (χ3v) is 2.82. The van der Waals surface area contributed by atoms with Gasteiger partial charge in [0.25, 0.3) is 0 Å². The number of nitrogens with zero attached hydrogens (tertiary/aromatic N) is 1. The van der Waals surface area contributed by atoms with Crippen LogP contribution in [0.1, 0.15) is 11.1 Å². The van der Waals surface area contributed by atoms with Gasteiger partial charge in [0.15, 0.2) is 0 Å². The number of carboxylic acids is 1. The van der Waals surface area contributed by atoms with Gasteiger partial charge in [0.05, 0.1) is 11.3 Å². The molecule has 108 valence electrons. The van der Waals surface area contributed by atoms with Gasteiger partial charge in [0, 0.05) is 6.07 Å². The van der Waals surface area contributed by atoms with E-state index in [0.29, 0.717) is 11.3 Å². The topological polar surface area (TPSA) is 89.7 Å². The van der Waals surface area contributed by atoms with Crippen molar-refractivity contribution in [1.82, 2.24) is 0 Å².